The lowest BCUT2D eigenvalue weighted by atomic mass is 10.1. The molecule has 0 saturated heterocycles. The third-order valence-electron chi connectivity index (χ3n) is 4.26. The van der Waals surface area contributed by atoms with Crippen molar-refractivity contribution in [2.24, 2.45) is 0 Å². The summed E-state index contributed by atoms with van der Waals surface area (Å²) in [7, 11) is 2.11. The molecule has 0 radical (unpaired) electrons. The first kappa shape index (κ1) is 14.6. The number of hydrogen-bond acceptors (Lipinski definition) is 3. The highest BCUT2D eigenvalue weighted by Gasteiger charge is 2.22. The average Bonchev–Trinajstić information content (AvgIpc) is 2.97. The van der Waals surface area contributed by atoms with Crippen LogP contribution >= 0.6 is 0 Å². The molecule has 1 aliphatic heterocycles. The lowest BCUT2D eigenvalue weighted by Gasteiger charge is -2.21. The molecular formula is C18H21N3O. The Kier molecular flexibility index (Phi) is 4.09. The number of fused-ring (bicyclic) bond motifs is 1. The molecule has 22 heavy (non-hydrogen) atoms. The van der Waals surface area contributed by atoms with Crippen LogP contribution in [0.25, 0.3) is 0 Å². The fraction of sp³-hybridized carbons (Fsp3) is 0.333. The van der Waals surface area contributed by atoms with Gasteiger partial charge in [-0.25, -0.2) is 0 Å². The van der Waals surface area contributed by atoms with Crippen molar-refractivity contribution < 1.29 is 4.79 Å². The van der Waals surface area contributed by atoms with Crippen molar-refractivity contribution in [3.63, 3.8) is 0 Å². The number of rotatable bonds is 4. The van der Waals surface area contributed by atoms with Crippen LogP contribution in [0.2, 0.25) is 0 Å². The molecule has 0 fully saturated rings. The minimum absolute atomic E-state index is 0.123. The maximum Gasteiger partial charge on any atom is 0.223 e. The van der Waals surface area contributed by atoms with Crippen LogP contribution in [-0.4, -0.2) is 31.0 Å². The number of amides is 1. The standard InChI is InChI=1S/C18H21N3O/c1-14(22)21-12-8-16-13-17(3-4-18(16)21)20(2)11-7-15-5-9-19-10-6-15/h3-6,9-10,13H,7-8,11-12H2,1-2H3. The van der Waals surface area contributed by atoms with Gasteiger partial charge in [-0.2, -0.15) is 0 Å². The number of carbonyl (C=O) groups excluding carboxylic acids is 1. The van der Waals surface area contributed by atoms with Gasteiger partial charge in [-0.15, -0.1) is 0 Å². The van der Waals surface area contributed by atoms with Crippen LogP contribution in [0.3, 0.4) is 0 Å². The molecule has 2 aromatic rings. The number of pyridine rings is 1. The van der Waals surface area contributed by atoms with Gasteiger partial charge in [0.1, 0.15) is 0 Å². The van der Waals surface area contributed by atoms with Gasteiger partial charge in [0, 0.05) is 50.8 Å². The topological polar surface area (TPSA) is 36.4 Å². The van der Waals surface area contributed by atoms with Crippen molar-refractivity contribution in [2.75, 3.05) is 29.9 Å². The summed E-state index contributed by atoms with van der Waals surface area (Å²) in [5, 5.41) is 0. The van der Waals surface area contributed by atoms with Crippen LogP contribution < -0.4 is 9.80 Å². The Balaban J connectivity index is 1.69. The monoisotopic (exact) mass is 295 g/mol. The van der Waals surface area contributed by atoms with E-state index < -0.39 is 0 Å². The normalized spacial score (nSPS) is 13.1. The number of nitrogens with zero attached hydrogens (tertiary/aromatic N) is 3. The van der Waals surface area contributed by atoms with Crippen molar-refractivity contribution in [3.05, 3.63) is 53.9 Å². The van der Waals surface area contributed by atoms with E-state index in [0.717, 1.165) is 31.6 Å². The minimum atomic E-state index is 0.123. The van der Waals surface area contributed by atoms with Gasteiger partial charge in [-0.1, -0.05) is 0 Å². The minimum Gasteiger partial charge on any atom is -0.374 e. The van der Waals surface area contributed by atoms with Gasteiger partial charge >= 0.3 is 0 Å². The third kappa shape index (κ3) is 2.96. The summed E-state index contributed by atoms with van der Waals surface area (Å²) in [4.78, 5) is 19.8. The van der Waals surface area contributed by atoms with Crippen LogP contribution in [0.15, 0.2) is 42.7 Å². The Hall–Kier alpha value is -2.36. The molecule has 0 saturated carbocycles. The smallest absolute Gasteiger partial charge is 0.223 e. The second-order valence-electron chi connectivity index (χ2n) is 5.76. The van der Waals surface area contributed by atoms with Crippen LogP contribution in [-0.2, 0) is 17.6 Å². The van der Waals surface area contributed by atoms with Crippen molar-refractivity contribution in [1.82, 2.24) is 4.98 Å². The van der Waals surface area contributed by atoms with E-state index >= 15 is 0 Å². The number of hydrogen-bond donors (Lipinski definition) is 0. The van der Waals surface area contributed by atoms with Crippen LogP contribution in [0.4, 0.5) is 11.4 Å². The van der Waals surface area contributed by atoms with E-state index in [1.54, 1.807) is 6.92 Å². The molecule has 0 spiro atoms. The number of anilines is 2. The first-order valence-electron chi connectivity index (χ1n) is 7.66. The van der Waals surface area contributed by atoms with Gasteiger partial charge in [-0.05, 0) is 54.3 Å². The van der Waals surface area contributed by atoms with E-state index in [4.69, 9.17) is 0 Å². The average molecular weight is 295 g/mol. The van der Waals surface area contributed by atoms with Gasteiger partial charge in [0.2, 0.25) is 5.91 Å². The Morgan fingerprint density at radius 2 is 2.05 bits per heavy atom. The predicted octanol–water partition coefficient (Wildman–Crippen LogP) is 2.67. The fourth-order valence-electron chi connectivity index (χ4n) is 2.93. The summed E-state index contributed by atoms with van der Waals surface area (Å²) >= 11 is 0. The molecular weight excluding hydrogens is 274 g/mol. The van der Waals surface area contributed by atoms with Gasteiger partial charge < -0.3 is 9.80 Å². The van der Waals surface area contributed by atoms with Gasteiger partial charge in [0.25, 0.3) is 0 Å². The van der Waals surface area contributed by atoms with Gasteiger partial charge in [0.15, 0.2) is 0 Å². The van der Waals surface area contributed by atoms with E-state index in [9.17, 15) is 4.79 Å². The Morgan fingerprint density at radius 3 is 2.77 bits per heavy atom. The lowest BCUT2D eigenvalue weighted by molar-refractivity contribution is -0.116. The first-order chi connectivity index (χ1) is 10.6. The predicted molar refractivity (Wildman–Crippen MR) is 89.4 cm³/mol. The van der Waals surface area contributed by atoms with Crippen LogP contribution in [0.5, 0.6) is 0 Å². The highest BCUT2D eigenvalue weighted by Crippen LogP contribution is 2.31. The molecule has 0 aliphatic carbocycles. The molecule has 1 aliphatic rings. The second-order valence-corrected chi connectivity index (χ2v) is 5.76. The fourth-order valence-corrected chi connectivity index (χ4v) is 2.93. The molecule has 114 valence electrons. The molecule has 0 unspecified atom stereocenters. The SMILES string of the molecule is CC(=O)N1CCc2cc(N(C)CCc3ccncc3)ccc21. The summed E-state index contributed by atoms with van der Waals surface area (Å²) in [6.45, 7) is 3.39. The van der Waals surface area contributed by atoms with Crippen LogP contribution in [0, 0.1) is 0 Å². The Bertz CT molecular complexity index is 669. The maximum atomic E-state index is 11.6. The zero-order valence-electron chi connectivity index (χ0n) is 13.1. The summed E-state index contributed by atoms with van der Waals surface area (Å²) in [6, 6.07) is 10.5. The van der Waals surface area contributed by atoms with E-state index in [-0.39, 0.29) is 5.91 Å². The van der Waals surface area contributed by atoms with Gasteiger partial charge in [-0.3, -0.25) is 9.78 Å². The quantitative estimate of drug-likeness (QED) is 0.870. The van der Waals surface area contributed by atoms with Gasteiger partial charge in [0.05, 0.1) is 0 Å². The lowest BCUT2D eigenvalue weighted by Crippen LogP contribution is -2.25. The van der Waals surface area contributed by atoms with E-state index in [0.29, 0.717) is 0 Å². The Morgan fingerprint density at radius 1 is 1.27 bits per heavy atom. The summed E-state index contributed by atoms with van der Waals surface area (Å²) < 4.78 is 0. The molecule has 0 N–H and O–H groups in total. The zero-order chi connectivity index (χ0) is 15.5. The summed E-state index contributed by atoms with van der Waals surface area (Å²) in [5.74, 6) is 0.123. The van der Waals surface area contributed by atoms with Crippen molar-refractivity contribution in [3.8, 4) is 0 Å². The molecule has 0 atom stereocenters. The van der Waals surface area contributed by atoms with Crippen LogP contribution in [0.1, 0.15) is 18.1 Å². The molecule has 1 aromatic heterocycles. The van der Waals surface area contributed by atoms with E-state index in [2.05, 4.69) is 47.3 Å². The van der Waals surface area contributed by atoms with Crippen molar-refractivity contribution in [1.29, 1.82) is 0 Å². The van der Waals surface area contributed by atoms with E-state index in [1.807, 2.05) is 17.3 Å². The third-order valence-corrected chi connectivity index (χ3v) is 4.26. The molecule has 1 aromatic carbocycles. The Labute approximate surface area is 131 Å². The second kappa shape index (κ2) is 6.18. The molecule has 0 bridgehead atoms. The molecule has 1 amide bonds. The molecule has 4 heteroatoms. The largest absolute Gasteiger partial charge is 0.374 e. The number of benzene rings is 1. The maximum absolute atomic E-state index is 11.6. The first-order valence-corrected chi connectivity index (χ1v) is 7.66. The number of aromatic nitrogens is 1. The highest BCUT2D eigenvalue weighted by molar-refractivity contribution is 5.94. The molecule has 2 heterocycles. The summed E-state index contributed by atoms with van der Waals surface area (Å²) in [6.07, 6.45) is 5.61. The number of likely N-dealkylation sites (N-methyl/N-ethyl adjacent to an activating group) is 1. The number of carbonyl (C=O) groups is 1. The highest BCUT2D eigenvalue weighted by atomic mass is 16.2. The molecule has 4 nitrogen and oxygen atoms in total. The van der Waals surface area contributed by atoms with E-state index in [1.165, 1.54) is 16.8 Å². The summed E-state index contributed by atoms with van der Waals surface area (Å²) in [5.41, 5.74) is 4.84. The van der Waals surface area contributed by atoms with Crippen molar-refractivity contribution >= 4 is 17.3 Å². The molecule has 3 rings (SSSR count). The van der Waals surface area contributed by atoms with Crippen molar-refractivity contribution in [2.45, 2.75) is 19.8 Å². The zero-order valence-corrected chi connectivity index (χ0v) is 13.1.